The van der Waals surface area contributed by atoms with E-state index in [9.17, 15) is 9.59 Å². The molecule has 0 aliphatic heterocycles. The minimum atomic E-state index is -0.919. The Balaban J connectivity index is 1.90. The molecule has 2 atom stereocenters. The Hall–Kier alpha value is -2.40. The number of hydrogen-bond acceptors (Lipinski definition) is 4. The normalized spacial score (nSPS) is 12.9. The van der Waals surface area contributed by atoms with Gasteiger partial charge < -0.3 is 10.1 Å². The molecule has 2 aromatic rings. The van der Waals surface area contributed by atoms with Gasteiger partial charge in [0.1, 0.15) is 5.15 Å². The molecule has 1 amide bonds. The fourth-order valence-corrected chi connectivity index (χ4v) is 2.60. The Labute approximate surface area is 152 Å². The number of hydrogen-bond donors (Lipinski definition) is 1. The molecule has 6 heteroatoms. The average molecular weight is 361 g/mol. The number of benzene rings is 1. The molecule has 1 aromatic carbocycles. The van der Waals surface area contributed by atoms with E-state index in [0.29, 0.717) is 6.54 Å². The van der Waals surface area contributed by atoms with E-state index >= 15 is 0 Å². The summed E-state index contributed by atoms with van der Waals surface area (Å²) in [5.74, 6) is -0.806. The summed E-state index contributed by atoms with van der Waals surface area (Å²) in [5, 5.41) is 2.89. The minimum absolute atomic E-state index is 0.0511. The van der Waals surface area contributed by atoms with Gasteiger partial charge in [0.2, 0.25) is 0 Å². The van der Waals surface area contributed by atoms with Gasteiger partial charge in [-0.1, -0.05) is 48.9 Å². The number of nitrogens with one attached hydrogen (secondary N) is 1. The van der Waals surface area contributed by atoms with Crippen LogP contribution < -0.4 is 5.32 Å². The molecule has 0 saturated heterocycles. The van der Waals surface area contributed by atoms with E-state index in [1.165, 1.54) is 19.2 Å². The fraction of sp³-hybridized carbons (Fsp3) is 0.316. The zero-order valence-electron chi connectivity index (χ0n) is 14.2. The van der Waals surface area contributed by atoms with E-state index in [0.717, 1.165) is 12.0 Å². The molecule has 25 heavy (non-hydrogen) atoms. The van der Waals surface area contributed by atoms with Gasteiger partial charge in [-0.2, -0.15) is 0 Å². The first kappa shape index (κ1) is 18.9. The second-order valence-electron chi connectivity index (χ2n) is 5.65. The number of ether oxygens (including phenoxy) is 1. The number of pyridine rings is 1. The van der Waals surface area contributed by atoms with Crippen LogP contribution >= 0.6 is 11.6 Å². The molecule has 5 nitrogen and oxygen atoms in total. The van der Waals surface area contributed by atoms with Crippen molar-refractivity contribution >= 4 is 23.5 Å². The zero-order chi connectivity index (χ0) is 18.2. The SMILES string of the molecule is CC[C@H](CNC(=O)[C@@H](C)OC(=O)c1cccnc1Cl)c1ccccc1. The third-order valence-electron chi connectivity index (χ3n) is 3.92. The number of esters is 1. The Morgan fingerprint density at radius 2 is 1.92 bits per heavy atom. The van der Waals surface area contributed by atoms with Crippen LogP contribution in [0.3, 0.4) is 0 Å². The maximum atomic E-state index is 12.2. The highest BCUT2D eigenvalue weighted by atomic mass is 35.5. The highest BCUT2D eigenvalue weighted by Crippen LogP contribution is 2.18. The van der Waals surface area contributed by atoms with Gasteiger partial charge in [-0.3, -0.25) is 4.79 Å². The number of amides is 1. The molecule has 1 aromatic heterocycles. The molecule has 0 aliphatic rings. The highest BCUT2D eigenvalue weighted by Gasteiger charge is 2.21. The summed E-state index contributed by atoms with van der Waals surface area (Å²) in [4.78, 5) is 28.1. The van der Waals surface area contributed by atoms with Gasteiger partial charge in [-0.05, 0) is 31.0 Å². The van der Waals surface area contributed by atoms with Gasteiger partial charge in [-0.15, -0.1) is 0 Å². The topological polar surface area (TPSA) is 68.3 Å². The summed E-state index contributed by atoms with van der Waals surface area (Å²) in [6.45, 7) is 4.08. The number of carbonyl (C=O) groups excluding carboxylic acids is 2. The third kappa shape index (κ3) is 5.29. The van der Waals surface area contributed by atoms with Gasteiger partial charge in [0, 0.05) is 18.7 Å². The van der Waals surface area contributed by atoms with Crippen LogP contribution in [0.25, 0.3) is 0 Å². The quantitative estimate of drug-likeness (QED) is 0.605. The number of aromatic nitrogens is 1. The van der Waals surface area contributed by atoms with Crippen molar-refractivity contribution in [3.63, 3.8) is 0 Å². The van der Waals surface area contributed by atoms with Crippen LogP contribution in [0.2, 0.25) is 5.15 Å². The van der Waals surface area contributed by atoms with Crippen molar-refractivity contribution in [2.24, 2.45) is 0 Å². The molecule has 132 valence electrons. The van der Waals surface area contributed by atoms with Crippen LogP contribution in [-0.4, -0.2) is 29.5 Å². The molecule has 0 saturated carbocycles. The monoisotopic (exact) mass is 360 g/mol. The van der Waals surface area contributed by atoms with Gasteiger partial charge in [0.15, 0.2) is 6.10 Å². The molecule has 0 unspecified atom stereocenters. The van der Waals surface area contributed by atoms with E-state index in [-0.39, 0.29) is 22.5 Å². The summed E-state index contributed by atoms with van der Waals surface area (Å²) in [5.41, 5.74) is 1.30. The van der Waals surface area contributed by atoms with Crippen LogP contribution in [-0.2, 0) is 9.53 Å². The molecule has 0 fully saturated rings. The maximum absolute atomic E-state index is 12.2. The standard InChI is InChI=1S/C19H21ClN2O3/c1-3-14(15-8-5-4-6-9-15)12-22-18(23)13(2)25-19(24)16-10-7-11-21-17(16)20/h4-11,13-14H,3,12H2,1-2H3,(H,22,23)/t13-,14-/m1/s1. The Morgan fingerprint density at radius 1 is 1.20 bits per heavy atom. The van der Waals surface area contributed by atoms with E-state index in [1.54, 1.807) is 6.07 Å². The van der Waals surface area contributed by atoms with Crippen LogP contribution in [0.1, 0.15) is 42.1 Å². The van der Waals surface area contributed by atoms with Crippen molar-refractivity contribution < 1.29 is 14.3 Å². The van der Waals surface area contributed by atoms with Crippen LogP contribution in [0, 0.1) is 0 Å². The first-order chi connectivity index (χ1) is 12.0. The van der Waals surface area contributed by atoms with Gasteiger partial charge >= 0.3 is 5.97 Å². The van der Waals surface area contributed by atoms with Crippen molar-refractivity contribution in [2.75, 3.05) is 6.54 Å². The molecule has 0 spiro atoms. The molecule has 0 bridgehead atoms. The first-order valence-electron chi connectivity index (χ1n) is 8.17. The molecular formula is C19H21ClN2O3. The van der Waals surface area contributed by atoms with Gasteiger partial charge in [0.25, 0.3) is 5.91 Å². The van der Waals surface area contributed by atoms with Crippen molar-refractivity contribution in [3.8, 4) is 0 Å². The van der Waals surface area contributed by atoms with Crippen molar-refractivity contribution in [2.45, 2.75) is 32.3 Å². The fourth-order valence-electron chi connectivity index (χ4n) is 2.41. The lowest BCUT2D eigenvalue weighted by Gasteiger charge is -2.18. The summed E-state index contributed by atoms with van der Waals surface area (Å²) >= 11 is 5.86. The molecule has 2 rings (SSSR count). The van der Waals surface area contributed by atoms with Crippen molar-refractivity contribution in [1.29, 1.82) is 0 Å². The van der Waals surface area contributed by atoms with Crippen molar-refractivity contribution in [1.82, 2.24) is 10.3 Å². The highest BCUT2D eigenvalue weighted by molar-refractivity contribution is 6.32. The van der Waals surface area contributed by atoms with E-state index < -0.39 is 12.1 Å². The third-order valence-corrected chi connectivity index (χ3v) is 4.22. The van der Waals surface area contributed by atoms with Crippen LogP contribution in [0.5, 0.6) is 0 Å². The van der Waals surface area contributed by atoms with E-state index in [2.05, 4.69) is 17.2 Å². The number of rotatable bonds is 7. The van der Waals surface area contributed by atoms with E-state index in [1.807, 2.05) is 30.3 Å². The predicted molar refractivity (Wildman–Crippen MR) is 96.6 cm³/mol. The lowest BCUT2D eigenvalue weighted by molar-refractivity contribution is -0.129. The summed E-state index contributed by atoms with van der Waals surface area (Å²) in [6, 6.07) is 13.1. The maximum Gasteiger partial charge on any atom is 0.342 e. The van der Waals surface area contributed by atoms with Gasteiger partial charge in [-0.25, -0.2) is 9.78 Å². The smallest absolute Gasteiger partial charge is 0.342 e. The molecule has 0 radical (unpaired) electrons. The van der Waals surface area contributed by atoms with Crippen molar-refractivity contribution in [3.05, 3.63) is 64.9 Å². The Morgan fingerprint density at radius 3 is 2.56 bits per heavy atom. The summed E-state index contributed by atoms with van der Waals surface area (Å²) in [6.07, 6.45) is 1.45. The lowest BCUT2D eigenvalue weighted by atomic mass is 9.96. The molecule has 1 N–H and O–H groups in total. The van der Waals surface area contributed by atoms with Gasteiger partial charge in [0.05, 0.1) is 5.56 Å². The average Bonchev–Trinajstić information content (AvgIpc) is 2.63. The number of halogens is 1. The second kappa shape index (κ2) is 9.18. The lowest BCUT2D eigenvalue weighted by Crippen LogP contribution is -2.38. The molecule has 1 heterocycles. The zero-order valence-corrected chi connectivity index (χ0v) is 15.0. The van der Waals surface area contributed by atoms with Crippen LogP contribution in [0.15, 0.2) is 48.7 Å². The van der Waals surface area contributed by atoms with Crippen LogP contribution in [0.4, 0.5) is 0 Å². The number of carbonyl (C=O) groups is 2. The Kier molecular flexibility index (Phi) is 6.95. The largest absolute Gasteiger partial charge is 0.449 e. The number of nitrogens with zero attached hydrogens (tertiary/aromatic N) is 1. The second-order valence-corrected chi connectivity index (χ2v) is 6.01. The first-order valence-corrected chi connectivity index (χ1v) is 8.54. The molecule has 0 aliphatic carbocycles. The summed E-state index contributed by atoms with van der Waals surface area (Å²) in [7, 11) is 0. The Bertz CT molecular complexity index is 722. The van der Waals surface area contributed by atoms with E-state index in [4.69, 9.17) is 16.3 Å². The summed E-state index contributed by atoms with van der Waals surface area (Å²) < 4.78 is 5.18. The molecular weight excluding hydrogens is 340 g/mol. The predicted octanol–water partition coefficient (Wildman–Crippen LogP) is 3.59. The minimum Gasteiger partial charge on any atom is -0.449 e.